The Balaban J connectivity index is 1.40. The van der Waals surface area contributed by atoms with Crippen LogP contribution < -0.4 is 20.7 Å². The fraction of sp³-hybridized carbons (Fsp3) is 0.267. The number of H-pyrrole nitrogens is 1. The summed E-state index contributed by atoms with van der Waals surface area (Å²) in [7, 11) is 1.64. The van der Waals surface area contributed by atoms with E-state index in [0.717, 1.165) is 33.9 Å². The number of nitrogens with one attached hydrogen (secondary N) is 1. The van der Waals surface area contributed by atoms with Crippen molar-refractivity contribution in [1.29, 1.82) is 0 Å². The number of benzene rings is 3. The van der Waals surface area contributed by atoms with Crippen molar-refractivity contribution in [2.45, 2.75) is 36.5 Å². The first-order chi connectivity index (χ1) is 18.9. The van der Waals surface area contributed by atoms with Crippen molar-refractivity contribution in [3.05, 3.63) is 122 Å². The number of aliphatic hydroxyl groups excluding tert-OH is 1. The summed E-state index contributed by atoms with van der Waals surface area (Å²) in [5.74, 6) is 2.72. The first-order valence-corrected chi connectivity index (χ1v) is 13.7. The van der Waals surface area contributed by atoms with Crippen molar-refractivity contribution in [3.63, 3.8) is 0 Å². The minimum atomic E-state index is -0.792. The van der Waals surface area contributed by atoms with Crippen molar-refractivity contribution >= 4 is 11.8 Å². The first-order valence-electron chi connectivity index (χ1n) is 12.7. The predicted octanol–water partition coefficient (Wildman–Crippen LogP) is 4.33. The van der Waals surface area contributed by atoms with Crippen LogP contribution in [0.1, 0.15) is 34.9 Å². The highest BCUT2D eigenvalue weighted by molar-refractivity contribution is 8.00. The second-order valence-corrected chi connectivity index (χ2v) is 11.0. The summed E-state index contributed by atoms with van der Waals surface area (Å²) in [4.78, 5) is 26.6. The molecule has 8 nitrogen and oxygen atoms in total. The van der Waals surface area contributed by atoms with E-state index in [2.05, 4.69) is 29.2 Å². The Morgan fingerprint density at radius 1 is 1.03 bits per heavy atom. The molecule has 6 rings (SSSR count). The molecule has 3 aromatic carbocycles. The summed E-state index contributed by atoms with van der Waals surface area (Å²) in [5.41, 5.74) is 2.44. The number of hydrogen-bond donors (Lipinski definition) is 2. The zero-order valence-corrected chi connectivity index (χ0v) is 22.3. The number of thioether (sulfide) groups is 1. The fourth-order valence-corrected chi connectivity index (χ4v) is 7.04. The van der Waals surface area contributed by atoms with Crippen LogP contribution in [0.15, 0.2) is 88.6 Å². The Bertz CT molecular complexity index is 1580. The monoisotopic (exact) mass is 544 g/mol. The van der Waals surface area contributed by atoms with Crippen LogP contribution in [0, 0.1) is 6.92 Å². The number of fused-ring (bicyclic) bond motifs is 2. The second kappa shape index (κ2) is 10.1. The molecule has 3 heterocycles. The maximum atomic E-state index is 12.5. The van der Waals surface area contributed by atoms with Crippen molar-refractivity contribution in [2.75, 3.05) is 12.9 Å². The van der Waals surface area contributed by atoms with E-state index in [1.54, 1.807) is 25.8 Å². The van der Waals surface area contributed by atoms with E-state index in [1.807, 2.05) is 48.5 Å². The predicted molar refractivity (Wildman–Crippen MR) is 149 cm³/mol. The van der Waals surface area contributed by atoms with Gasteiger partial charge in [0.05, 0.1) is 24.1 Å². The van der Waals surface area contributed by atoms with Gasteiger partial charge < -0.3 is 19.3 Å². The van der Waals surface area contributed by atoms with Crippen molar-refractivity contribution in [1.82, 2.24) is 9.55 Å². The molecule has 0 radical (unpaired) electrons. The number of methoxy groups -OCH3 is 1. The highest BCUT2D eigenvalue weighted by atomic mass is 32.2. The molecule has 39 heavy (non-hydrogen) atoms. The molecule has 0 spiro atoms. The highest BCUT2D eigenvalue weighted by Gasteiger charge is 2.46. The van der Waals surface area contributed by atoms with Crippen molar-refractivity contribution < 1.29 is 19.3 Å². The molecule has 0 bridgehead atoms. The molecule has 0 amide bonds. The van der Waals surface area contributed by atoms with Crippen LogP contribution in [0.2, 0.25) is 0 Å². The summed E-state index contributed by atoms with van der Waals surface area (Å²) < 4.78 is 18.7. The zero-order chi connectivity index (χ0) is 27.1. The van der Waals surface area contributed by atoms with E-state index < -0.39 is 34.4 Å². The van der Waals surface area contributed by atoms with Gasteiger partial charge in [0.15, 0.2) is 0 Å². The Morgan fingerprint density at radius 3 is 2.31 bits per heavy atom. The van der Waals surface area contributed by atoms with E-state index in [1.165, 1.54) is 10.8 Å². The first kappa shape index (κ1) is 25.5. The summed E-state index contributed by atoms with van der Waals surface area (Å²) >= 11 is 1.65. The molecule has 2 aliphatic rings. The largest absolute Gasteiger partial charge is 0.497 e. The topological polar surface area (TPSA) is 103 Å². The molecule has 3 atom stereocenters. The van der Waals surface area contributed by atoms with Gasteiger partial charge >= 0.3 is 5.69 Å². The van der Waals surface area contributed by atoms with Gasteiger partial charge in [-0.1, -0.05) is 48.5 Å². The van der Waals surface area contributed by atoms with Gasteiger partial charge in [-0.25, -0.2) is 4.79 Å². The number of aliphatic hydroxyl groups is 1. The lowest BCUT2D eigenvalue weighted by Gasteiger charge is -2.41. The molecule has 1 fully saturated rings. The Kier molecular flexibility index (Phi) is 6.58. The molecule has 1 unspecified atom stereocenters. The molecule has 1 aromatic heterocycles. The van der Waals surface area contributed by atoms with Crippen LogP contribution in [0.25, 0.3) is 0 Å². The number of aromatic nitrogens is 2. The van der Waals surface area contributed by atoms with Crippen LogP contribution in [0.3, 0.4) is 0 Å². The third-order valence-corrected chi connectivity index (χ3v) is 8.98. The molecule has 0 saturated carbocycles. The quantitative estimate of drug-likeness (QED) is 0.372. The molecule has 200 valence electrons. The van der Waals surface area contributed by atoms with Gasteiger partial charge in [-0.05, 0) is 36.8 Å². The van der Waals surface area contributed by atoms with Gasteiger partial charge in [0.2, 0.25) is 0 Å². The summed E-state index contributed by atoms with van der Waals surface area (Å²) in [6, 6.07) is 24.0. The Morgan fingerprint density at radius 2 is 1.67 bits per heavy atom. The van der Waals surface area contributed by atoms with Crippen molar-refractivity contribution in [3.8, 4) is 17.2 Å². The lowest BCUT2D eigenvalue weighted by molar-refractivity contribution is -0.00772. The normalized spacial score (nSPS) is 21.1. The van der Waals surface area contributed by atoms with Gasteiger partial charge in [0.1, 0.15) is 23.5 Å². The molecule has 4 aromatic rings. The van der Waals surface area contributed by atoms with Crippen LogP contribution in [0.4, 0.5) is 0 Å². The van der Waals surface area contributed by atoms with Crippen LogP contribution in [-0.2, 0) is 9.48 Å². The van der Waals surface area contributed by atoms with Crippen molar-refractivity contribution in [2.24, 2.45) is 0 Å². The SMILES string of the molecule is COc1ccc(C2(SC[C@H]3O[C@@H](n4cc(C)c(=O)[nH]c4=O)CC3O)c3ccccc3Oc3ccccc32)cc1. The molecular weight excluding hydrogens is 516 g/mol. The highest BCUT2D eigenvalue weighted by Crippen LogP contribution is 2.58. The zero-order valence-electron chi connectivity index (χ0n) is 21.5. The van der Waals surface area contributed by atoms with Gasteiger partial charge in [0, 0.05) is 35.1 Å². The number of aromatic amines is 1. The summed E-state index contributed by atoms with van der Waals surface area (Å²) in [6.45, 7) is 1.63. The average Bonchev–Trinajstić information content (AvgIpc) is 3.33. The Hall–Kier alpha value is -3.79. The molecule has 0 aliphatic carbocycles. The molecule has 1 saturated heterocycles. The van der Waals surface area contributed by atoms with E-state index in [9.17, 15) is 14.7 Å². The smallest absolute Gasteiger partial charge is 0.330 e. The van der Waals surface area contributed by atoms with E-state index in [4.69, 9.17) is 14.2 Å². The summed E-state index contributed by atoms with van der Waals surface area (Å²) in [5, 5.41) is 11.0. The molecular formula is C30H28N2O6S. The van der Waals surface area contributed by atoms with Crippen LogP contribution >= 0.6 is 11.8 Å². The molecule has 2 aliphatic heterocycles. The lowest BCUT2D eigenvalue weighted by Crippen LogP contribution is -2.34. The molecule has 9 heteroatoms. The number of aryl methyl sites for hydroxylation is 1. The van der Waals surface area contributed by atoms with Gasteiger partial charge in [-0.15, -0.1) is 11.8 Å². The van der Waals surface area contributed by atoms with Gasteiger partial charge in [0.25, 0.3) is 5.56 Å². The number of para-hydroxylation sites is 2. The van der Waals surface area contributed by atoms with Crippen LogP contribution in [0.5, 0.6) is 17.2 Å². The van der Waals surface area contributed by atoms with E-state index in [-0.39, 0.29) is 6.42 Å². The summed E-state index contributed by atoms with van der Waals surface area (Å²) in [6.07, 6.45) is -0.295. The van der Waals surface area contributed by atoms with E-state index in [0.29, 0.717) is 11.3 Å². The average molecular weight is 545 g/mol. The maximum absolute atomic E-state index is 12.5. The van der Waals surface area contributed by atoms with E-state index >= 15 is 0 Å². The maximum Gasteiger partial charge on any atom is 0.330 e. The fourth-order valence-electron chi connectivity index (χ4n) is 5.38. The number of ether oxygens (including phenoxy) is 3. The minimum Gasteiger partial charge on any atom is -0.497 e. The standard InChI is InChI=1S/C30H28N2O6S/c1-18-16-32(29(35)31-28(18)34)27-15-23(33)26(38-27)17-39-30(19-11-13-20(36-2)14-12-19)21-7-3-5-9-24(21)37-25-10-6-4-8-22(25)30/h3-14,16,23,26-27,33H,15,17H2,1-2H3,(H,31,34,35)/t23?,26-,27-/m1/s1. The van der Waals surface area contributed by atoms with Gasteiger partial charge in [-0.3, -0.25) is 14.3 Å². The van der Waals surface area contributed by atoms with Gasteiger partial charge in [-0.2, -0.15) is 0 Å². The Labute approximate surface area is 229 Å². The molecule has 2 N–H and O–H groups in total. The second-order valence-electron chi connectivity index (χ2n) is 9.73. The number of hydrogen-bond acceptors (Lipinski definition) is 7. The van der Waals surface area contributed by atoms with Crippen LogP contribution in [-0.4, -0.2) is 39.7 Å². The minimum absolute atomic E-state index is 0.239. The number of rotatable bonds is 6. The third-order valence-electron chi connectivity index (χ3n) is 7.37. The third kappa shape index (κ3) is 4.36. The number of nitrogens with zero attached hydrogens (tertiary/aromatic N) is 1. The lowest BCUT2D eigenvalue weighted by atomic mass is 9.81.